The lowest BCUT2D eigenvalue weighted by molar-refractivity contribution is 0.0796. The number of methoxy groups -OCH3 is 2. The molecule has 9 heteroatoms. The molecule has 1 heterocycles. The Kier molecular flexibility index (Phi) is 10.3. The van der Waals surface area contributed by atoms with Crippen molar-refractivity contribution in [2.24, 2.45) is 0 Å². The van der Waals surface area contributed by atoms with Crippen LogP contribution >= 0.6 is 23.4 Å². The molecule has 1 aromatic heterocycles. The maximum Gasteiger partial charge on any atom is 0.253 e. The first-order valence-corrected chi connectivity index (χ1v) is 13.1. The molecule has 0 aliphatic rings. The highest BCUT2D eigenvalue weighted by Gasteiger charge is 2.13. The molecule has 0 aliphatic heterocycles. The van der Waals surface area contributed by atoms with E-state index in [1.54, 1.807) is 25.2 Å². The normalized spacial score (nSPS) is 10.7. The average molecular weight is 529 g/mol. The highest BCUT2D eigenvalue weighted by Crippen LogP contribution is 2.28. The van der Waals surface area contributed by atoms with E-state index in [0.717, 1.165) is 29.9 Å². The number of rotatable bonds is 12. The van der Waals surface area contributed by atoms with E-state index in [4.69, 9.17) is 21.1 Å². The predicted molar refractivity (Wildman–Crippen MR) is 147 cm³/mol. The van der Waals surface area contributed by atoms with Gasteiger partial charge in [0.15, 0.2) is 16.7 Å². The highest BCUT2D eigenvalue weighted by atomic mass is 35.5. The Bertz CT molecular complexity index is 1160. The summed E-state index contributed by atoms with van der Waals surface area (Å²) in [6, 6.07) is 15.3. The van der Waals surface area contributed by atoms with E-state index in [-0.39, 0.29) is 5.91 Å². The number of halogens is 1. The minimum Gasteiger partial charge on any atom is -0.493 e. The van der Waals surface area contributed by atoms with Crippen molar-refractivity contribution < 1.29 is 14.3 Å². The number of benzene rings is 2. The van der Waals surface area contributed by atoms with E-state index in [0.29, 0.717) is 46.1 Å². The molecular formula is C27H33ClN4O3S. The second-order valence-corrected chi connectivity index (χ2v) is 9.73. The molecule has 3 aromatic rings. The van der Waals surface area contributed by atoms with Crippen molar-refractivity contribution in [3.8, 4) is 11.5 Å². The first kappa shape index (κ1) is 27.6. The lowest BCUT2D eigenvalue weighted by Crippen LogP contribution is -2.28. The van der Waals surface area contributed by atoms with Gasteiger partial charge in [-0.05, 0) is 48.2 Å². The first-order valence-electron chi connectivity index (χ1n) is 11.8. The molecule has 7 nitrogen and oxygen atoms in total. The van der Waals surface area contributed by atoms with Crippen LogP contribution in [0, 0.1) is 0 Å². The fourth-order valence-corrected chi connectivity index (χ4v) is 4.68. The largest absolute Gasteiger partial charge is 0.493 e. The van der Waals surface area contributed by atoms with Crippen molar-refractivity contribution in [3.63, 3.8) is 0 Å². The number of anilines is 1. The van der Waals surface area contributed by atoms with E-state index in [1.807, 2.05) is 56.6 Å². The van der Waals surface area contributed by atoms with E-state index in [2.05, 4.69) is 21.8 Å². The summed E-state index contributed by atoms with van der Waals surface area (Å²) in [5, 5.41) is 1.07. The quantitative estimate of drug-likeness (QED) is 0.172. The van der Waals surface area contributed by atoms with Gasteiger partial charge in [-0.25, -0.2) is 9.97 Å². The van der Waals surface area contributed by atoms with Gasteiger partial charge in [0, 0.05) is 44.6 Å². The summed E-state index contributed by atoms with van der Waals surface area (Å²) in [4.78, 5) is 25.7. The van der Waals surface area contributed by atoms with Crippen LogP contribution in [0.15, 0.2) is 53.7 Å². The lowest BCUT2D eigenvalue weighted by Gasteiger charge is -2.18. The maximum atomic E-state index is 12.9. The van der Waals surface area contributed by atoms with Gasteiger partial charge >= 0.3 is 0 Å². The van der Waals surface area contributed by atoms with E-state index < -0.39 is 0 Å². The Morgan fingerprint density at radius 3 is 2.31 bits per heavy atom. The summed E-state index contributed by atoms with van der Waals surface area (Å²) < 4.78 is 10.7. The third-order valence-electron chi connectivity index (χ3n) is 5.71. The molecule has 0 radical (unpaired) electrons. The molecule has 0 atom stereocenters. The molecule has 1 amide bonds. The Morgan fingerprint density at radius 2 is 1.64 bits per heavy atom. The van der Waals surface area contributed by atoms with Crippen LogP contribution in [0.2, 0.25) is 5.15 Å². The number of carbonyl (C=O) groups is 1. The van der Waals surface area contributed by atoms with E-state index >= 15 is 0 Å². The number of likely N-dealkylation sites (N-methyl/N-ethyl adjacent to an activating group) is 1. The molecular weight excluding hydrogens is 496 g/mol. The van der Waals surface area contributed by atoms with Crippen LogP contribution in [0.4, 0.5) is 5.82 Å². The number of hydrogen-bond donors (Lipinski definition) is 0. The third-order valence-corrected chi connectivity index (χ3v) is 6.82. The summed E-state index contributed by atoms with van der Waals surface area (Å²) >= 11 is 7.73. The van der Waals surface area contributed by atoms with Crippen LogP contribution in [0.1, 0.15) is 34.8 Å². The summed E-state index contributed by atoms with van der Waals surface area (Å²) in [6.07, 6.45) is 1.74. The second-order valence-electron chi connectivity index (χ2n) is 8.40. The van der Waals surface area contributed by atoms with E-state index in [9.17, 15) is 4.79 Å². The Balaban J connectivity index is 1.56. The standard InChI is InChI=1S/C27H33ClN4O3S/c1-6-14-31(2)25-17-24(28)29-27(30-25)36-18-20-7-10-21(11-8-20)26(33)32(3)15-13-19-9-12-22(34-4)23(16-19)35-5/h7-12,16-17H,6,13-15,18H2,1-5H3. The summed E-state index contributed by atoms with van der Waals surface area (Å²) in [5.74, 6) is 2.86. The number of carbonyl (C=O) groups excluding carboxylic acids is 1. The minimum atomic E-state index is -0.0172. The third kappa shape index (κ3) is 7.51. The number of ether oxygens (including phenoxy) is 2. The van der Waals surface area contributed by atoms with Gasteiger partial charge < -0.3 is 19.3 Å². The zero-order valence-corrected chi connectivity index (χ0v) is 23.0. The first-order chi connectivity index (χ1) is 17.3. The van der Waals surface area contributed by atoms with Gasteiger partial charge in [0.05, 0.1) is 14.2 Å². The van der Waals surface area contributed by atoms with Crippen LogP contribution in [0.25, 0.3) is 0 Å². The number of amides is 1. The Labute approximate surface area is 222 Å². The SMILES string of the molecule is CCCN(C)c1cc(Cl)nc(SCc2ccc(C(=O)N(C)CCc3ccc(OC)c(OC)c3)cc2)n1. The number of nitrogens with zero attached hydrogens (tertiary/aromatic N) is 4. The molecule has 192 valence electrons. The van der Waals surface area contributed by atoms with Gasteiger partial charge in [0.2, 0.25) is 0 Å². The van der Waals surface area contributed by atoms with Gasteiger partial charge in [-0.3, -0.25) is 4.79 Å². The van der Waals surface area contributed by atoms with Crippen molar-refractivity contribution in [1.29, 1.82) is 0 Å². The lowest BCUT2D eigenvalue weighted by atomic mass is 10.1. The predicted octanol–water partition coefficient (Wildman–Crippen LogP) is 5.60. The second kappa shape index (κ2) is 13.4. The zero-order chi connectivity index (χ0) is 26.1. The van der Waals surface area contributed by atoms with Crippen LogP contribution in [0.5, 0.6) is 11.5 Å². The highest BCUT2D eigenvalue weighted by molar-refractivity contribution is 7.98. The van der Waals surface area contributed by atoms with Crippen LogP contribution < -0.4 is 14.4 Å². The fraction of sp³-hybridized carbons (Fsp3) is 0.370. The average Bonchev–Trinajstić information content (AvgIpc) is 2.90. The van der Waals surface area contributed by atoms with Crippen LogP contribution in [-0.4, -0.2) is 62.2 Å². The summed E-state index contributed by atoms with van der Waals surface area (Å²) in [7, 11) is 7.04. The molecule has 0 unspecified atom stereocenters. The van der Waals surface area contributed by atoms with Gasteiger partial charge in [-0.15, -0.1) is 0 Å². The molecule has 0 spiro atoms. The molecule has 0 N–H and O–H groups in total. The van der Waals surface area contributed by atoms with Crippen molar-refractivity contribution in [3.05, 3.63) is 70.4 Å². The van der Waals surface area contributed by atoms with Crippen LogP contribution in [-0.2, 0) is 12.2 Å². The van der Waals surface area contributed by atoms with E-state index in [1.165, 1.54) is 11.8 Å². The van der Waals surface area contributed by atoms with Crippen molar-refractivity contribution in [2.45, 2.75) is 30.7 Å². The molecule has 36 heavy (non-hydrogen) atoms. The van der Waals surface area contributed by atoms with Gasteiger partial charge in [-0.1, -0.05) is 48.5 Å². The zero-order valence-electron chi connectivity index (χ0n) is 21.5. The monoisotopic (exact) mass is 528 g/mol. The Morgan fingerprint density at radius 1 is 0.944 bits per heavy atom. The van der Waals surface area contributed by atoms with Crippen LogP contribution in [0.3, 0.4) is 0 Å². The number of thioether (sulfide) groups is 1. The fourth-order valence-electron chi connectivity index (χ4n) is 3.64. The topological polar surface area (TPSA) is 67.8 Å². The smallest absolute Gasteiger partial charge is 0.253 e. The molecule has 2 aromatic carbocycles. The van der Waals surface area contributed by atoms with Gasteiger partial charge in [-0.2, -0.15) is 0 Å². The molecule has 0 saturated carbocycles. The number of aromatic nitrogens is 2. The summed E-state index contributed by atoms with van der Waals surface area (Å²) in [6.45, 7) is 3.61. The maximum absolute atomic E-state index is 12.9. The molecule has 0 aliphatic carbocycles. The number of hydrogen-bond acceptors (Lipinski definition) is 7. The van der Waals surface area contributed by atoms with Crippen molar-refractivity contribution in [2.75, 3.05) is 46.3 Å². The molecule has 0 saturated heterocycles. The summed E-state index contributed by atoms with van der Waals surface area (Å²) in [5.41, 5.74) is 2.81. The molecule has 0 fully saturated rings. The Hall–Kier alpha value is -2.97. The van der Waals surface area contributed by atoms with Gasteiger partial charge in [0.1, 0.15) is 11.0 Å². The van der Waals surface area contributed by atoms with Gasteiger partial charge in [0.25, 0.3) is 5.91 Å². The minimum absolute atomic E-state index is 0.0172. The molecule has 0 bridgehead atoms. The van der Waals surface area contributed by atoms with Crippen molar-refractivity contribution in [1.82, 2.24) is 14.9 Å². The van der Waals surface area contributed by atoms with Crippen molar-refractivity contribution >= 4 is 35.1 Å². The molecule has 3 rings (SSSR count).